The molecule has 6 nitrogen and oxygen atoms in total. The number of benzene rings is 1. The van der Waals surface area contributed by atoms with Gasteiger partial charge in [0, 0.05) is 36.2 Å². The van der Waals surface area contributed by atoms with Gasteiger partial charge in [0.1, 0.15) is 18.0 Å². The zero-order valence-corrected chi connectivity index (χ0v) is 18.0. The number of fused-ring (bicyclic) bond motifs is 4. The Morgan fingerprint density at radius 3 is 2.69 bits per heavy atom. The van der Waals surface area contributed by atoms with Gasteiger partial charge in [0.05, 0.1) is 17.2 Å². The smallest absolute Gasteiger partial charge is 0.338 e. The van der Waals surface area contributed by atoms with E-state index in [-0.39, 0.29) is 30.2 Å². The Labute approximate surface area is 186 Å². The van der Waals surface area contributed by atoms with Crippen LogP contribution in [0, 0.1) is 29.1 Å². The number of ether oxygens (including phenoxy) is 2. The SMILES string of the molecule is CC#Cc1occc1C1CC(=O)C2CC3CC(C)(C(=O)O3)C2C1OC(=O)c1ccccc1. The standard InChI is InChI=1S/C26H24O6/c1-3-7-21-17(10-11-30-21)18-13-20(27)19-12-16-14-26(2,25(29)31-16)22(19)23(18)32-24(28)15-8-5-4-6-9-15/h4-6,8-11,16,18-19,22-23H,12-14H2,1-2H3. The third-order valence-corrected chi connectivity index (χ3v) is 7.25. The van der Waals surface area contributed by atoms with Crippen molar-refractivity contribution in [3.63, 3.8) is 0 Å². The molecule has 0 N–H and O–H groups in total. The van der Waals surface area contributed by atoms with E-state index in [1.54, 1.807) is 37.3 Å². The summed E-state index contributed by atoms with van der Waals surface area (Å²) in [6.07, 6.45) is 1.79. The van der Waals surface area contributed by atoms with Crippen LogP contribution in [0.4, 0.5) is 0 Å². The number of carbonyl (C=O) groups excluding carboxylic acids is 3. The Balaban J connectivity index is 1.60. The van der Waals surface area contributed by atoms with E-state index >= 15 is 0 Å². The first-order valence-corrected chi connectivity index (χ1v) is 10.9. The van der Waals surface area contributed by atoms with E-state index in [9.17, 15) is 14.4 Å². The highest BCUT2D eigenvalue weighted by Crippen LogP contribution is 2.58. The molecule has 0 spiro atoms. The summed E-state index contributed by atoms with van der Waals surface area (Å²) in [4.78, 5) is 39.3. The lowest BCUT2D eigenvalue weighted by Crippen LogP contribution is -2.55. The molecule has 6 atom stereocenters. The molecular formula is C26H24O6. The Bertz CT molecular complexity index is 1140. The minimum absolute atomic E-state index is 0.0674. The summed E-state index contributed by atoms with van der Waals surface area (Å²) < 4.78 is 17.3. The fraction of sp³-hybridized carbons (Fsp3) is 0.423. The maximum atomic E-state index is 13.3. The Morgan fingerprint density at radius 2 is 1.94 bits per heavy atom. The van der Waals surface area contributed by atoms with Crippen LogP contribution < -0.4 is 0 Å². The molecule has 164 valence electrons. The number of rotatable bonds is 3. The van der Waals surface area contributed by atoms with Crippen LogP contribution in [-0.2, 0) is 19.1 Å². The van der Waals surface area contributed by atoms with Crippen LogP contribution in [0.5, 0.6) is 0 Å². The number of esters is 2. The number of carbonyl (C=O) groups is 3. The molecule has 2 saturated carbocycles. The van der Waals surface area contributed by atoms with E-state index in [1.807, 2.05) is 13.0 Å². The molecule has 1 aliphatic heterocycles. The number of furan rings is 1. The van der Waals surface area contributed by atoms with Crippen molar-refractivity contribution in [2.75, 3.05) is 0 Å². The lowest BCUT2D eigenvalue weighted by Gasteiger charge is -2.48. The second-order valence-corrected chi connectivity index (χ2v) is 9.11. The van der Waals surface area contributed by atoms with Gasteiger partial charge in [-0.2, -0.15) is 0 Å². The molecule has 32 heavy (non-hydrogen) atoms. The number of hydrogen-bond acceptors (Lipinski definition) is 6. The van der Waals surface area contributed by atoms with Crippen molar-refractivity contribution in [2.45, 2.75) is 51.2 Å². The summed E-state index contributed by atoms with van der Waals surface area (Å²) in [5.74, 6) is 4.20. The number of ketones is 1. The van der Waals surface area contributed by atoms with Crippen molar-refractivity contribution < 1.29 is 28.3 Å². The van der Waals surface area contributed by atoms with Gasteiger partial charge in [0.25, 0.3) is 0 Å². The molecule has 6 unspecified atom stereocenters. The van der Waals surface area contributed by atoms with E-state index in [2.05, 4.69) is 11.8 Å². The predicted molar refractivity (Wildman–Crippen MR) is 113 cm³/mol. The van der Waals surface area contributed by atoms with E-state index in [0.717, 1.165) is 5.56 Å². The second-order valence-electron chi connectivity index (χ2n) is 9.11. The van der Waals surface area contributed by atoms with E-state index in [0.29, 0.717) is 24.2 Å². The highest BCUT2D eigenvalue weighted by atomic mass is 16.6. The van der Waals surface area contributed by atoms with Gasteiger partial charge in [-0.1, -0.05) is 24.1 Å². The van der Waals surface area contributed by atoms with Crippen LogP contribution in [0.1, 0.15) is 60.7 Å². The summed E-state index contributed by atoms with van der Waals surface area (Å²) in [5.41, 5.74) is 0.270. The van der Waals surface area contributed by atoms with Gasteiger partial charge in [0.2, 0.25) is 0 Å². The Kier molecular flexibility index (Phi) is 4.93. The van der Waals surface area contributed by atoms with E-state index in [1.165, 1.54) is 6.26 Å². The molecule has 2 aliphatic carbocycles. The summed E-state index contributed by atoms with van der Waals surface area (Å²) in [6, 6.07) is 10.5. The molecule has 2 aromatic rings. The van der Waals surface area contributed by atoms with Crippen molar-refractivity contribution in [2.24, 2.45) is 17.3 Å². The first-order valence-electron chi connectivity index (χ1n) is 10.9. The van der Waals surface area contributed by atoms with Gasteiger partial charge >= 0.3 is 11.9 Å². The molecule has 3 fully saturated rings. The van der Waals surface area contributed by atoms with Crippen LogP contribution >= 0.6 is 0 Å². The largest absolute Gasteiger partial charge is 0.462 e. The van der Waals surface area contributed by atoms with Crippen LogP contribution in [0.15, 0.2) is 47.1 Å². The topological polar surface area (TPSA) is 82.8 Å². The first-order chi connectivity index (χ1) is 15.4. The van der Waals surface area contributed by atoms with Gasteiger partial charge in [0.15, 0.2) is 5.76 Å². The maximum Gasteiger partial charge on any atom is 0.338 e. The number of Topliss-reactive ketones (excluding diaryl/α,β-unsaturated/α-hetero) is 1. The van der Waals surface area contributed by atoms with Crippen molar-refractivity contribution in [3.8, 4) is 11.8 Å². The molecule has 2 bridgehead atoms. The third kappa shape index (κ3) is 3.15. The zero-order valence-electron chi connectivity index (χ0n) is 18.0. The van der Waals surface area contributed by atoms with Crippen molar-refractivity contribution >= 4 is 17.7 Å². The molecule has 1 saturated heterocycles. The molecule has 2 heterocycles. The third-order valence-electron chi connectivity index (χ3n) is 7.25. The average Bonchev–Trinajstić information content (AvgIpc) is 3.32. The van der Waals surface area contributed by atoms with Crippen molar-refractivity contribution in [1.29, 1.82) is 0 Å². The summed E-state index contributed by atoms with van der Waals surface area (Å²) in [6.45, 7) is 3.55. The lowest BCUT2D eigenvalue weighted by atomic mass is 9.54. The van der Waals surface area contributed by atoms with Crippen molar-refractivity contribution in [3.05, 3.63) is 59.5 Å². The van der Waals surface area contributed by atoms with Gasteiger partial charge in [-0.15, -0.1) is 0 Å². The lowest BCUT2D eigenvalue weighted by molar-refractivity contribution is -0.154. The fourth-order valence-electron chi connectivity index (χ4n) is 5.85. The minimum atomic E-state index is -0.885. The van der Waals surface area contributed by atoms with Gasteiger partial charge in [-0.3, -0.25) is 9.59 Å². The molecule has 0 radical (unpaired) electrons. The quantitative estimate of drug-likeness (QED) is 0.541. The van der Waals surface area contributed by atoms with Crippen LogP contribution in [0.2, 0.25) is 0 Å². The van der Waals surface area contributed by atoms with Gasteiger partial charge in [-0.25, -0.2) is 4.79 Å². The second kappa shape index (κ2) is 7.67. The fourth-order valence-corrected chi connectivity index (χ4v) is 5.85. The maximum absolute atomic E-state index is 13.3. The van der Waals surface area contributed by atoms with Crippen molar-refractivity contribution in [1.82, 2.24) is 0 Å². The Hall–Kier alpha value is -3.33. The van der Waals surface area contributed by atoms with Crippen LogP contribution in [-0.4, -0.2) is 29.9 Å². The first kappa shape index (κ1) is 20.6. The molecule has 5 rings (SSSR count). The molecular weight excluding hydrogens is 408 g/mol. The molecule has 1 aromatic heterocycles. The predicted octanol–water partition coefficient (Wildman–Crippen LogP) is 3.89. The van der Waals surface area contributed by atoms with E-state index < -0.39 is 29.3 Å². The summed E-state index contributed by atoms with van der Waals surface area (Å²) >= 11 is 0. The Morgan fingerprint density at radius 1 is 1.16 bits per heavy atom. The van der Waals surface area contributed by atoms with Crippen LogP contribution in [0.25, 0.3) is 0 Å². The molecule has 1 aromatic carbocycles. The highest BCUT2D eigenvalue weighted by Gasteiger charge is 2.65. The molecule has 3 aliphatic rings. The molecule has 6 heteroatoms. The average molecular weight is 432 g/mol. The van der Waals surface area contributed by atoms with Crippen LogP contribution in [0.3, 0.4) is 0 Å². The summed E-state index contributed by atoms with van der Waals surface area (Å²) in [5, 5.41) is 0. The van der Waals surface area contributed by atoms with Gasteiger partial charge in [-0.05, 0) is 44.4 Å². The monoisotopic (exact) mass is 432 g/mol. The minimum Gasteiger partial charge on any atom is -0.462 e. The zero-order chi connectivity index (χ0) is 22.5. The van der Waals surface area contributed by atoms with E-state index in [4.69, 9.17) is 13.9 Å². The summed E-state index contributed by atoms with van der Waals surface area (Å²) in [7, 11) is 0. The highest BCUT2D eigenvalue weighted by molar-refractivity contribution is 5.91. The van der Waals surface area contributed by atoms with Gasteiger partial charge < -0.3 is 13.9 Å². The number of hydrogen-bond donors (Lipinski definition) is 0. The molecule has 0 amide bonds. The normalized spacial score (nSPS) is 33.0.